The SMILES string of the molecule is CC(C)(C)NC(=O)CCSc1nnc(-c2ccc3ccccc3c2)o1. The van der Waals surface area contributed by atoms with Crippen LogP contribution in [0.1, 0.15) is 27.2 Å². The summed E-state index contributed by atoms with van der Waals surface area (Å²) in [7, 11) is 0. The summed E-state index contributed by atoms with van der Waals surface area (Å²) in [6, 6.07) is 14.2. The molecule has 0 aliphatic heterocycles. The fourth-order valence-electron chi connectivity index (χ4n) is 2.42. The number of amides is 1. The molecule has 1 amide bonds. The lowest BCUT2D eigenvalue weighted by atomic mass is 10.1. The zero-order chi connectivity index (χ0) is 17.9. The Morgan fingerprint density at radius 3 is 2.64 bits per heavy atom. The van der Waals surface area contributed by atoms with Crippen LogP contribution in [0.5, 0.6) is 0 Å². The summed E-state index contributed by atoms with van der Waals surface area (Å²) >= 11 is 1.39. The Balaban J connectivity index is 1.61. The smallest absolute Gasteiger partial charge is 0.276 e. The first-order valence-corrected chi connectivity index (χ1v) is 9.16. The highest BCUT2D eigenvalue weighted by Crippen LogP contribution is 2.26. The van der Waals surface area contributed by atoms with Crippen LogP contribution in [0.15, 0.2) is 52.1 Å². The molecule has 0 saturated carbocycles. The zero-order valence-corrected chi connectivity index (χ0v) is 15.4. The lowest BCUT2D eigenvalue weighted by molar-refractivity contribution is -0.122. The predicted molar refractivity (Wildman–Crippen MR) is 100 cm³/mol. The quantitative estimate of drug-likeness (QED) is 0.692. The summed E-state index contributed by atoms with van der Waals surface area (Å²) in [5.74, 6) is 1.11. The molecule has 1 heterocycles. The van der Waals surface area contributed by atoms with Gasteiger partial charge in [-0.25, -0.2) is 0 Å². The van der Waals surface area contributed by atoms with Gasteiger partial charge in [0.25, 0.3) is 5.22 Å². The van der Waals surface area contributed by atoms with Gasteiger partial charge in [-0.05, 0) is 43.7 Å². The maximum Gasteiger partial charge on any atom is 0.276 e. The molecule has 0 aliphatic carbocycles. The summed E-state index contributed by atoms with van der Waals surface area (Å²) in [5, 5.41) is 13.9. The molecule has 0 bridgehead atoms. The summed E-state index contributed by atoms with van der Waals surface area (Å²) in [6.45, 7) is 5.89. The number of aromatic nitrogens is 2. The molecule has 0 saturated heterocycles. The van der Waals surface area contributed by atoms with E-state index in [1.807, 2.05) is 51.1 Å². The third-order valence-electron chi connectivity index (χ3n) is 3.47. The van der Waals surface area contributed by atoms with Crippen molar-refractivity contribution in [1.29, 1.82) is 0 Å². The van der Waals surface area contributed by atoms with E-state index < -0.39 is 0 Å². The first-order chi connectivity index (χ1) is 11.9. The maximum atomic E-state index is 11.8. The molecular weight excluding hydrogens is 334 g/mol. The van der Waals surface area contributed by atoms with Gasteiger partial charge in [0.2, 0.25) is 11.8 Å². The molecule has 0 unspecified atom stereocenters. The first-order valence-electron chi connectivity index (χ1n) is 8.17. The lowest BCUT2D eigenvalue weighted by Gasteiger charge is -2.20. The third kappa shape index (κ3) is 4.82. The Bertz CT molecular complexity index is 884. The predicted octanol–water partition coefficient (Wildman–Crippen LogP) is 4.29. The molecule has 2 aromatic carbocycles. The summed E-state index contributed by atoms with van der Waals surface area (Å²) in [6.07, 6.45) is 0.412. The maximum absolute atomic E-state index is 11.8. The van der Waals surface area contributed by atoms with E-state index >= 15 is 0 Å². The van der Waals surface area contributed by atoms with Crippen molar-refractivity contribution in [3.05, 3.63) is 42.5 Å². The van der Waals surface area contributed by atoms with E-state index in [4.69, 9.17) is 4.42 Å². The minimum Gasteiger partial charge on any atom is -0.411 e. The normalized spacial score (nSPS) is 11.6. The average Bonchev–Trinajstić information content (AvgIpc) is 3.01. The Hall–Kier alpha value is -2.34. The summed E-state index contributed by atoms with van der Waals surface area (Å²) in [5.41, 5.74) is 0.679. The highest BCUT2D eigenvalue weighted by atomic mass is 32.2. The van der Waals surface area contributed by atoms with E-state index in [0.29, 0.717) is 23.3 Å². The fourth-order valence-corrected chi connectivity index (χ4v) is 3.12. The van der Waals surface area contributed by atoms with Gasteiger partial charge in [-0.15, -0.1) is 10.2 Å². The molecule has 1 N–H and O–H groups in total. The Kier molecular flexibility index (Phi) is 5.08. The van der Waals surface area contributed by atoms with E-state index in [2.05, 4.69) is 27.6 Å². The van der Waals surface area contributed by atoms with Gasteiger partial charge in [-0.3, -0.25) is 4.79 Å². The van der Waals surface area contributed by atoms with Gasteiger partial charge >= 0.3 is 0 Å². The number of hydrogen-bond donors (Lipinski definition) is 1. The minimum absolute atomic E-state index is 0.0225. The fraction of sp³-hybridized carbons (Fsp3) is 0.316. The first kappa shape index (κ1) is 17.5. The molecule has 1 aromatic heterocycles. The number of benzene rings is 2. The molecule has 0 aliphatic rings. The number of carbonyl (C=O) groups is 1. The van der Waals surface area contributed by atoms with Crippen LogP contribution in [0.4, 0.5) is 0 Å². The molecule has 0 radical (unpaired) electrons. The second-order valence-electron chi connectivity index (χ2n) is 6.83. The van der Waals surface area contributed by atoms with E-state index in [1.165, 1.54) is 17.1 Å². The van der Waals surface area contributed by atoms with Crippen molar-refractivity contribution in [2.24, 2.45) is 0 Å². The van der Waals surface area contributed by atoms with Gasteiger partial charge in [0.15, 0.2) is 0 Å². The van der Waals surface area contributed by atoms with Crippen LogP contribution in [0, 0.1) is 0 Å². The van der Waals surface area contributed by atoms with Gasteiger partial charge in [0.1, 0.15) is 0 Å². The zero-order valence-electron chi connectivity index (χ0n) is 14.6. The minimum atomic E-state index is -0.213. The molecule has 6 heteroatoms. The topological polar surface area (TPSA) is 68.0 Å². The van der Waals surface area contributed by atoms with Crippen LogP contribution in [0.25, 0.3) is 22.2 Å². The van der Waals surface area contributed by atoms with E-state index in [1.54, 1.807) is 0 Å². The Labute approximate surface area is 151 Å². The highest BCUT2D eigenvalue weighted by molar-refractivity contribution is 7.99. The van der Waals surface area contributed by atoms with Crippen LogP contribution >= 0.6 is 11.8 Å². The monoisotopic (exact) mass is 355 g/mol. The van der Waals surface area contributed by atoms with Crippen LogP contribution in [0.2, 0.25) is 0 Å². The number of nitrogens with zero attached hydrogens (tertiary/aromatic N) is 2. The van der Waals surface area contributed by atoms with E-state index in [-0.39, 0.29) is 11.4 Å². The van der Waals surface area contributed by atoms with E-state index in [9.17, 15) is 4.79 Å². The average molecular weight is 355 g/mol. The van der Waals surface area contributed by atoms with Crippen molar-refractivity contribution in [1.82, 2.24) is 15.5 Å². The van der Waals surface area contributed by atoms with Crippen LogP contribution < -0.4 is 5.32 Å². The molecule has 25 heavy (non-hydrogen) atoms. The van der Waals surface area contributed by atoms with Gasteiger partial charge in [-0.2, -0.15) is 0 Å². The molecule has 3 rings (SSSR count). The van der Waals surface area contributed by atoms with Crippen molar-refractivity contribution in [3.63, 3.8) is 0 Å². The summed E-state index contributed by atoms with van der Waals surface area (Å²) in [4.78, 5) is 11.8. The van der Waals surface area contributed by atoms with Gasteiger partial charge in [0, 0.05) is 23.3 Å². The lowest BCUT2D eigenvalue weighted by Crippen LogP contribution is -2.40. The number of rotatable bonds is 5. The van der Waals surface area contributed by atoms with Crippen molar-refractivity contribution < 1.29 is 9.21 Å². The number of carbonyl (C=O) groups excluding carboxylic acids is 1. The third-order valence-corrected chi connectivity index (χ3v) is 4.29. The molecule has 0 atom stereocenters. The van der Waals surface area contributed by atoms with Gasteiger partial charge in [-0.1, -0.05) is 42.1 Å². The number of fused-ring (bicyclic) bond motifs is 1. The molecule has 130 valence electrons. The molecule has 0 fully saturated rings. The van der Waals surface area contributed by atoms with Crippen molar-refractivity contribution >= 4 is 28.4 Å². The number of thioether (sulfide) groups is 1. The Morgan fingerprint density at radius 1 is 1.12 bits per heavy atom. The standard InChI is InChI=1S/C19H21N3O2S/c1-19(2,3)20-16(23)10-11-25-18-22-21-17(24-18)15-9-8-13-6-4-5-7-14(13)12-15/h4-9,12H,10-11H2,1-3H3,(H,20,23). The van der Waals surface area contributed by atoms with Crippen LogP contribution in [-0.2, 0) is 4.79 Å². The molecule has 3 aromatic rings. The van der Waals surface area contributed by atoms with E-state index in [0.717, 1.165) is 10.9 Å². The number of nitrogens with one attached hydrogen (secondary N) is 1. The largest absolute Gasteiger partial charge is 0.411 e. The molecular formula is C19H21N3O2S. The molecule has 5 nitrogen and oxygen atoms in total. The second kappa shape index (κ2) is 7.27. The molecule has 0 spiro atoms. The van der Waals surface area contributed by atoms with Gasteiger partial charge < -0.3 is 9.73 Å². The Morgan fingerprint density at radius 2 is 1.88 bits per heavy atom. The van der Waals surface area contributed by atoms with Crippen molar-refractivity contribution in [3.8, 4) is 11.5 Å². The van der Waals surface area contributed by atoms with Crippen LogP contribution in [-0.4, -0.2) is 27.4 Å². The van der Waals surface area contributed by atoms with Crippen molar-refractivity contribution in [2.45, 2.75) is 38.0 Å². The highest BCUT2D eigenvalue weighted by Gasteiger charge is 2.14. The number of hydrogen-bond acceptors (Lipinski definition) is 5. The van der Waals surface area contributed by atoms with Crippen molar-refractivity contribution in [2.75, 3.05) is 5.75 Å². The van der Waals surface area contributed by atoms with Crippen LogP contribution in [0.3, 0.4) is 0 Å². The summed E-state index contributed by atoms with van der Waals surface area (Å²) < 4.78 is 5.71. The second-order valence-corrected chi connectivity index (χ2v) is 7.88. The van der Waals surface area contributed by atoms with Gasteiger partial charge in [0.05, 0.1) is 0 Å².